The summed E-state index contributed by atoms with van der Waals surface area (Å²) in [6.45, 7) is 2.65. The van der Waals surface area contributed by atoms with Crippen molar-refractivity contribution in [1.29, 1.82) is 0 Å². The van der Waals surface area contributed by atoms with Crippen molar-refractivity contribution in [3.8, 4) is 22.8 Å². The number of hydrogen-bond acceptors (Lipinski definition) is 6. The molecule has 1 amide bonds. The minimum Gasteiger partial charge on any atom is -0.492 e. The molecule has 0 aliphatic heterocycles. The third-order valence-electron chi connectivity index (χ3n) is 4.45. The summed E-state index contributed by atoms with van der Waals surface area (Å²) in [6.07, 6.45) is 5.31. The zero-order chi connectivity index (χ0) is 20.9. The van der Waals surface area contributed by atoms with Crippen LogP contribution in [0.3, 0.4) is 0 Å². The van der Waals surface area contributed by atoms with Gasteiger partial charge in [-0.2, -0.15) is 0 Å². The SMILES string of the molecule is CCOc1ccc(-c2cn3cccc(OCC(=O)NCc4ccco4)c3n2)cc1N. The molecule has 8 nitrogen and oxygen atoms in total. The number of nitrogens with two attached hydrogens (primary N) is 1. The monoisotopic (exact) mass is 406 g/mol. The summed E-state index contributed by atoms with van der Waals surface area (Å²) in [5.74, 6) is 1.59. The minimum atomic E-state index is -0.250. The van der Waals surface area contributed by atoms with Crippen LogP contribution in [-0.2, 0) is 11.3 Å². The number of ether oxygens (including phenoxy) is 2. The van der Waals surface area contributed by atoms with E-state index in [0.29, 0.717) is 41.7 Å². The minimum absolute atomic E-state index is 0.126. The number of anilines is 1. The highest BCUT2D eigenvalue weighted by atomic mass is 16.5. The molecule has 3 aromatic heterocycles. The topological polar surface area (TPSA) is 104 Å². The van der Waals surface area contributed by atoms with Crippen molar-refractivity contribution >= 4 is 17.2 Å². The number of carbonyl (C=O) groups excluding carboxylic acids is 1. The lowest BCUT2D eigenvalue weighted by molar-refractivity contribution is -0.123. The van der Waals surface area contributed by atoms with E-state index in [1.165, 1.54) is 0 Å². The van der Waals surface area contributed by atoms with Gasteiger partial charge in [0.25, 0.3) is 5.91 Å². The largest absolute Gasteiger partial charge is 0.492 e. The molecule has 0 radical (unpaired) electrons. The van der Waals surface area contributed by atoms with E-state index in [0.717, 1.165) is 11.3 Å². The average Bonchev–Trinajstić information content (AvgIpc) is 3.42. The van der Waals surface area contributed by atoms with Crippen LogP contribution in [0.1, 0.15) is 12.7 Å². The van der Waals surface area contributed by atoms with E-state index in [-0.39, 0.29) is 12.5 Å². The fourth-order valence-corrected chi connectivity index (χ4v) is 3.03. The fourth-order valence-electron chi connectivity index (χ4n) is 3.03. The Morgan fingerprint density at radius 3 is 2.87 bits per heavy atom. The second kappa shape index (κ2) is 8.60. The number of carbonyl (C=O) groups is 1. The van der Waals surface area contributed by atoms with Crippen LogP contribution >= 0.6 is 0 Å². The maximum atomic E-state index is 12.1. The van der Waals surface area contributed by atoms with Gasteiger partial charge in [0.1, 0.15) is 11.5 Å². The van der Waals surface area contributed by atoms with Crippen molar-refractivity contribution in [3.63, 3.8) is 0 Å². The molecule has 0 unspecified atom stereocenters. The molecule has 8 heteroatoms. The molecule has 4 aromatic rings. The summed E-state index contributed by atoms with van der Waals surface area (Å²) < 4.78 is 18.2. The van der Waals surface area contributed by atoms with Crippen LogP contribution in [0.15, 0.2) is 65.5 Å². The van der Waals surface area contributed by atoms with Crippen LogP contribution in [0, 0.1) is 0 Å². The quantitative estimate of drug-likeness (QED) is 0.435. The number of hydrogen-bond donors (Lipinski definition) is 2. The molecule has 0 saturated heterocycles. The van der Waals surface area contributed by atoms with Crippen molar-refractivity contribution < 1.29 is 18.7 Å². The van der Waals surface area contributed by atoms with Crippen molar-refractivity contribution in [2.45, 2.75) is 13.5 Å². The van der Waals surface area contributed by atoms with E-state index in [1.54, 1.807) is 24.5 Å². The predicted molar refractivity (Wildman–Crippen MR) is 112 cm³/mol. The number of benzene rings is 1. The van der Waals surface area contributed by atoms with E-state index >= 15 is 0 Å². The molecule has 154 valence electrons. The van der Waals surface area contributed by atoms with Crippen LogP contribution in [0.5, 0.6) is 11.5 Å². The number of nitrogens with zero attached hydrogens (tertiary/aromatic N) is 2. The van der Waals surface area contributed by atoms with Gasteiger partial charge in [0, 0.05) is 18.0 Å². The summed E-state index contributed by atoms with van der Waals surface area (Å²) in [5.41, 5.74) is 8.84. The molecule has 1 aromatic carbocycles. The molecule has 4 rings (SSSR count). The Morgan fingerprint density at radius 2 is 2.10 bits per heavy atom. The van der Waals surface area contributed by atoms with Gasteiger partial charge in [-0.15, -0.1) is 0 Å². The molecule has 0 atom stereocenters. The van der Waals surface area contributed by atoms with E-state index in [4.69, 9.17) is 19.6 Å². The first-order valence-electron chi connectivity index (χ1n) is 9.56. The number of imidazole rings is 1. The molecule has 0 aliphatic carbocycles. The van der Waals surface area contributed by atoms with E-state index < -0.39 is 0 Å². The van der Waals surface area contributed by atoms with Gasteiger partial charge in [0.05, 0.1) is 30.8 Å². The Morgan fingerprint density at radius 1 is 1.20 bits per heavy atom. The normalized spacial score (nSPS) is 10.8. The summed E-state index contributed by atoms with van der Waals surface area (Å²) >= 11 is 0. The molecule has 3 heterocycles. The zero-order valence-corrected chi connectivity index (χ0v) is 16.5. The van der Waals surface area contributed by atoms with Crippen LogP contribution in [-0.4, -0.2) is 28.5 Å². The van der Waals surface area contributed by atoms with E-state index in [1.807, 2.05) is 48.0 Å². The first kappa shape index (κ1) is 19.4. The highest BCUT2D eigenvalue weighted by molar-refractivity contribution is 5.78. The number of furan rings is 1. The summed E-state index contributed by atoms with van der Waals surface area (Å²) in [6, 6.07) is 12.7. The molecular weight excluding hydrogens is 384 g/mol. The summed E-state index contributed by atoms with van der Waals surface area (Å²) in [4.78, 5) is 16.7. The number of rotatable bonds is 8. The van der Waals surface area contributed by atoms with Crippen LogP contribution in [0.2, 0.25) is 0 Å². The average molecular weight is 406 g/mol. The van der Waals surface area contributed by atoms with Crippen molar-refractivity contribution in [1.82, 2.24) is 14.7 Å². The van der Waals surface area contributed by atoms with Gasteiger partial charge in [-0.05, 0) is 49.4 Å². The third kappa shape index (κ3) is 4.22. The van der Waals surface area contributed by atoms with Crippen LogP contribution in [0.25, 0.3) is 16.9 Å². The van der Waals surface area contributed by atoms with Crippen LogP contribution in [0.4, 0.5) is 5.69 Å². The molecule has 30 heavy (non-hydrogen) atoms. The molecule has 3 N–H and O–H groups in total. The molecule has 0 fully saturated rings. The molecular formula is C22H22N4O4. The zero-order valence-electron chi connectivity index (χ0n) is 16.5. The number of amides is 1. The summed E-state index contributed by atoms with van der Waals surface area (Å²) in [7, 11) is 0. The van der Waals surface area contributed by atoms with Gasteiger partial charge in [-0.1, -0.05) is 0 Å². The van der Waals surface area contributed by atoms with Gasteiger partial charge >= 0.3 is 0 Å². The van der Waals surface area contributed by atoms with Gasteiger partial charge < -0.3 is 29.3 Å². The number of nitrogen functional groups attached to an aromatic ring is 1. The maximum Gasteiger partial charge on any atom is 0.258 e. The van der Waals surface area contributed by atoms with E-state index in [9.17, 15) is 4.79 Å². The standard InChI is InChI=1S/C22H22N4O4/c1-2-28-19-8-7-15(11-17(19)23)18-13-26-9-3-6-20(22(26)25-18)30-14-21(27)24-12-16-5-4-10-29-16/h3-11,13H,2,12,14,23H2,1H3,(H,24,27). The predicted octanol–water partition coefficient (Wildman–Crippen LogP) is 3.27. The first-order chi connectivity index (χ1) is 14.6. The van der Waals surface area contributed by atoms with Gasteiger partial charge in [-0.3, -0.25) is 4.79 Å². The Bertz CT molecular complexity index is 1150. The van der Waals surface area contributed by atoms with Gasteiger partial charge in [0.15, 0.2) is 18.0 Å². The smallest absolute Gasteiger partial charge is 0.258 e. The summed E-state index contributed by atoms with van der Waals surface area (Å²) in [5, 5.41) is 2.75. The van der Waals surface area contributed by atoms with E-state index in [2.05, 4.69) is 10.3 Å². The lowest BCUT2D eigenvalue weighted by Gasteiger charge is -2.07. The Labute approximate surface area is 173 Å². The Hall–Kier alpha value is -3.94. The second-order valence-electron chi connectivity index (χ2n) is 6.56. The lowest BCUT2D eigenvalue weighted by Crippen LogP contribution is -2.28. The number of aromatic nitrogens is 2. The Balaban J connectivity index is 1.48. The van der Waals surface area contributed by atoms with Crippen molar-refractivity contribution in [2.75, 3.05) is 18.9 Å². The molecule has 0 aliphatic rings. The highest BCUT2D eigenvalue weighted by Crippen LogP contribution is 2.30. The highest BCUT2D eigenvalue weighted by Gasteiger charge is 2.12. The molecule has 0 bridgehead atoms. The first-order valence-corrected chi connectivity index (χ1v) is 9.56. The number of pyridine rings is 1. The van der Waals surface area contributed by atoms with Crippen LogP contribution < -0.4 is 20.5 Å². The lowest BCUT2D eigenvalue weighted by atomic mass is 10.1. The number of nitrogens with one attached hydrogen (secondary N) is 1. The third-order valence-corrected chi connectivity index (χ3v) is 4.45. The Kier molecular flexibility index (Phi) is 5.56. The van der Waals surface area contributed by atoms with Crippen molar-refractivity contribution in [2.24, 2.45) is 0 Å². The number of fused-ring (bicyclic) bond motifs is 1. The van der Waals surface area contributed by atoms with Crippen molar-refractivity contribution in [3.05, 3.63) is 66.9 Å². The van der Waals surface area contributed by atoms with Gasteiger partial charge in [-0.25, -0.2) is 4.98 Å². The maximum absolute atomic E-state index is 12.1. The van der Waals surface area contributed by atoms with Gasteiger partial charge in [0.2, 0.25) is 0 Å². The fraction of sp³-hybridized carbons (Fsp3) is 0.182. The molecule has 0 saturated carbocycles. The molecule has 0 spiro atoms. The second-order valence-corrected chi connectivity index (χ2v) is 6.56.